The second-order valence-corrected chi connectivity index (χ2v) is 12.9. The molecule has 0 aromatic heterocycles. The topological polar surface area (TPSA) is 172 Å². The Labute approximate surface area is 196 Å². The summed E-state index contributed by atoms with van der Waals surface area (Å²) in [4.78, 5) is 0.571. The summed E-state index contributed by atoms with van der Waals surface area (Å²) in [5.41, 5.74) is 6.90. The highest BCUT2D eigenvalue weighted by Gasteiger charge is 2.28. The van der Waals surface area contributed by atoms with E-state index in [1.807, 2.05) is 0 Å². The van der Waals surface area contributed by atoms with E-state index < -0.39 is 39.9 Å². The second kappa shape index (κ2) is 7.78. The summed E-state index contributed by atoms with van der Waals surface area (Å²) in [6.07, 6.45) is 0. The first kappa shape index (κ1) is 24.2. The predicted molar refractivity (Wildman–Crippen MR) is 126 cm³/mol. The fourth-order valence-corrected chi connectivity index (χ4v) is 6.19. The minimum Gasteiger partial charge on any atom is -0.397 e. The van der Waals surface area contributed by atoms with Crippen LogP contribution < -0.4 is 10.6 Å². The van der Waals surface area contributed by atoms with Gasteiger partial charge in [0.1, 0.15) is 4.90 Å². The zero-order chi connectivity index (χ0) is 25.2. The summed E-state index contributed by atoms with van der Waals surface area (Å²) in [6, 6.07) is 9.53. The molecule has 0 saturated carbocycles. The molecule has 4 N–H and O–H groups in total. The molecule has 1 heterocycles. The first-order valence-electron chi connectivity index (χ1n) is 9.69. The van der Waals surface area contributed by atoms with Crippen LogP contribution in [-0.2, 0) is 43.2 Å². The molecule has 180 valence electrons. The fourth-order valence-electron chi connectivity index (χ4n) is 4.02. The van der Waals surface area contributed by atoms with Crippen molar-refractivity contribution < 1.29 is 34.4 Å². The molecule has 0 aliphatic carbocycles. The highest BCUT2D eigenvalue weighted by atomic mass is 32.2. The summed E-state index contributed by atoms with van der Waals surface area (Å²) in [5.74, 6) is 0. The van der Waals surface area contributed by atoms with Crippen LogP contribution in [0.5, 0.6) is 0 Å². The van der Waals surface area contributed by atoms with Crippen molar-refractivity contribution in [3.8, 4) is 0 Å². The van der Waals surface area contributed by atoms with E-state index in [1.165, 1.54) is 37.3 Å². The fraction of sp³-hybridized carbons (Fsp3) is 0.143. The molecule has 13 heteroatoms. The van der Waals surface area contributed by atoms with Gasteiger partial charge in [-0.3, -0.25) is 9.11 Å². The first-order valence-corrected chi connectivity index (χ1v) is 14.1. The van der Waals surface area contributed by atoms with Gasteiger partial charge < -0.3 is 10.6 Å². The van der Waals surface area contributed by atoms with Crippen LogP contribution in [0.1, 0.15) is 18.1 Å². The molecule has 0 atom stereocenters. The van der Waals surface area contributed by atoms with E-state index in [-0.39, 0.29) is 34.0 Å². The molecule has 4 rings (SSSR count). The molecule has 0 saturated heterocycles. The third kappa shape index (κ3) is 4.05. The van der Waals surface area contributed by atoms with Crippen molar-refractivity contribution in [2.45, 2.75) is 34.7 Å². The minimum atomic E-state index is -4.76. The van der Waals surface area contributed by atoms with Crippen molar-refractivity contribution in [2.24, 2.45) is 0 Å². The Morgan fingerprint density at radius 2 is 1.53 bits per heavy atom. The van der Waals surface area contributed by atoms with Crippen LogP contribution >= 0.6 is 0 Å². The van der Waals surface area contributed by atoms with Crippen molar-refractivity contribution in [3.05, 3.63) is 65.1 Å². The third-order valence-corrected chi connectivity index (χ3v) is 9.14. The van der Waals surface area contributed by atoms with E-state index >= 15 is 0 Å². The lowest BCUT2D eigenvalue weighted by Gasteiger charge is -2.32. The Hall–Kier alpha value is -2.97. The number of anilines is 2. The maximum Gasteiger partial charge on any atom is 0.296 e. The summed E-state index contributed by atoms with van der Waals surface area (Å²) in [6.45, 7) is 5.08. The molecule has 1 aliphatic rings. The zero-order valence-corrected chi connectivity index (χ0v) is 20.2. The lowest BCUT2D eigenvalue weighted by molar-refractivity contribution is 0.481. The van der Waals surface area contributed by atoms with Gasteiger partial charge in [0.2, 0.25) is 9.84 Å². The molecule has 3 aromatic rings. The summed E-state index contributed by atoms with van der Waals surface area (Å²) < 4.78 is 92.0. The summed E-state index contributed by atoms with van der Waals surface area (Å²) in [7, 11) is -13.2. The highest BCUT2D eigenvalue weighted by Crippen LogP contribution is 2.40. The Morgan fingerprint density at radius 1 is 0.912 bits per heavy atom. The molecular formula is C21H20N2O8S3. The van der Waals surface area contributed by atoms with Gasteiger partial charge in [0.05, 0.1) is 15.5 Å². The second-order valence-electron chi connectivity index (χ2n) is 7.96. The van der Waals surface area contributed by atoms with E-state index in [9.17, 15) is 34.4 Å². The number of benzene rings is 3. The van der Waals surface area contributed by atoms with Crippen LogP contribution in [0.15, 0.2) is 68.6 Å². The molecule has 0 amide bonds. The summed E-state index contributed by atoms with van der Waals surface area (Å²) in [5, 5.41) is 0.535. The molecule has 3 aromatic carbocycles. The predicted octanol–water partition coefficient (Wildman–Crippen LogP) is 2.74. The van der Waals surface area contributed by atoms with Crippen molar-refractivity contribution in [2.75, 3.05) is 10.6 Å². The molecule has 10 nitrogen and oxygen atoms in total. The number of rotatable bonds is 5. The van der Waals surface area contributed by atoms with Crippen molar-refractivity contribution in [3.63, 3.8) is 0 Å². The third-order valence-electron chi connectivity index (χ3n) is 5.63. The van der Waals surface area contributed by atoms with Gasteiger partial charge in [0.15, 0.2) is 0 Å². The van der Waals surface area contributed by atoms with E-state index in [4.69, 9.17) is 5.73 Å². The average molecular weight is 525 g/mol. The number of allylic oxidation sites excluding steroid dienone is 1. The maximum absolute atomic E-state index is 12.5. The van der Waals surface area contributed by atoms with E-state index in [1.54, 1.807) is 11.0 Å². The molecule has 0 spiro atoms. The van der Waals surface area contributed by atoms with Gasteiger partial charge in [0, 0.05) is 29.1 Å². The van der Waals surface area contributed by atoms with Gasteiger partial charge in [-0.15, -0.1) is 0 Å². The van der Waals surface area contributed by atoms with E-state index in [2.05, 4.69) is 6.58 Å². The van der Waals surface area contributed by atoms with Gasteiger partial charge in [0.25, 0.3) is 20.2 Å². The largest absolute Gasteiger partial charge is 0.397 e. The number of sulfone groups is 1. The number of hydrogen-bond acceptors (Lipinski definition) is 8. The Morgan fingerprint density at radius 3 is 2.09 bits per heavy atom. The highest BCUT2D eigenvalue weighted by molar-refractivity contribution is 7.95. The van der Waals surface area contributed by atoms with Gasteiger partial charge in [-0.05, 0) is 59.8 Å². The van der Waals surface area contributed by atoms with Crippen molar-refractivity contribution in [1.82, 2.24) is 0 Å². The number of hydrogen-bond donors (Lipinski definition) is 3. The monoisotopic (exact) mass is 524 g/mol. The Balaban J connectivity index is 1.97. The Kier molecular flexibility index (Phi) is 5.53. The van der Waals surface area contributed by atoms with Gasteiger partial charge in [-0.25, -0.2) is 8.42 Å². The number of nitrogens with two attached hydrogens (primary N) is 1. The molecule has 0 fully saturated rings. The molecule has 0 unspecified atom stereocenters. The van der Waals surface area contributed by atoms with Crippen LogP contribution in [0.3, 0.4) is 0 Å². The number of nitrogens with zero attached hydrogens (tertiary/aromatic N) is 1. The van der Waals surface area contributed by atoms with E-state index in [0.717, 1.165) is 6.07 Å². The van der Waals surface area contributed by atoms with Crippen LogP contribution in [-0.4, -0.2) is 34.4 Å². The Bertz CT molecular complexity index is 1700. The van der Waals surface area contributed by atoms with Crippen molar-refractivity contribution in [1.29, 1.82) is 0 Å². The SMILES string of the molecule is C=C(C)S(=O)(=O)c1cccc(N2Cc3cc(S(=O)(=O)O)cc4c(N)c(S(=O)(=O)O)cc(c34)C2)c1. The quantitative estimate of drug-likeness (QED) is 0.333. The maximum atomic E-state index is 12.5. The van der Waals surface area contributed by atoms with Gasteiger partial charge in [-0.2, -0.15) is 16.8 Å². The normalized spacial score (nSPS) is 14.4. The van der Waals surface area contributed by atoms with Gasteiger partial charge >= 0.3 is 0 Å². The lowest BCUT2D eigenvalue weighted by atomic mass is 9.93. The summed E-state index contributed by atoms with van der Waals surface area (Å²) >= 11 is 0. The standard InChI is InChI=1S/C21H20N2O8S3/c1-12(2)32(24,25)16-5-3-4-15(8-16)23-10-13-6-17(33(26,27)28)9-18-20(13)14(11-23)7-19(21(18)22)34(29,30)31/h3-9H,1,10-11,22H2,2H3,(H,26,27,28)(H,29,30,31). The molecular weight excluding hydrogens is 504 g/mol. The molecule has 1 aliphatic heterocycles. The minimum absolute atomic E-state index is 0.0102. The molecule has 0 radical (unpaired) electrons. The van der Waals surface area contributed by atoms with E-state index in [0.29, 0.717) is 22.2 Å². The lowest BCUT2D eigenvalue weighted by Crippen LogP contribution is -2.27. The first-order chi connectivity index (χ1) is 15.6. The van der Waals surface area contributed by atoms with Gasteiger partial charge in [-0.1, -0.05) is 12.6 Å². The van der Waals surface area contributed by atoms with Crippen LogP contribution in [0.4, 0.5) is 11.4 Å². The average Bonchev–Trinajstić information content (AvgIpc) is 2.74. The smallest absolute Gasteiger partial charge is 0.296 e. The zero-order valence-electron chi connectivity index (χ0n) is 17.8. The number of nitrogen functional groups attached to an aromatic ring is 1. The molecule has 34 heavy (non-hydrogen) atoms. The van der Waals surface area contributed by atoms with Crippen LogP contribution in [0, 0.1) is 0 Å². The van der Waals surface area contributed by atoms with Crippen LogP contribution in [0.2, 0.25) is 0 Å². The van der Waals surface area contributed by atoms with Crippen LogP contribution in [0.25, 0.3) is 10.8 Å². The molecule has 0 bridgehead atoms. The van der Waals surface area contributed by atoms with Crippen molar-refractivity contribution >= 4 is 52.2 Å².